The van der Waals surface area contributed by atoms with Crippen molar-refractivity contribution in [2.45, 2.75) is 26.2 Å². The summed E-state index contributed by atoms with van der Waals surface area (Å²) in [4.78, 5) is 15.9. The van der Waals surface area contributed by atoms with E-state index >= 15 is 0 Å². The largest absolute Gasteiger partial charge is 0.292 e. The van der Waals surface area contributed by atoms with Gasteiger partial charge < -0.3 is 0 Å². The summed E-state index contributed by atoms with van der Waals surface area (Å²) in [5.74, 6) is 2.53. The third kappa shape index (κ3) is 14.8. The fourth-order valence-electron chi connectivity index (χ4n) is 18.6. The normalized spacial score (nSPS) is 11.9. The van der Waals surface area contributed by atoms with Gasteiger partial charge >= 0.3 is 0 Å². The van der Waals surface area contributed by atoms with Gasteiger partial charge in [0.1, 0.15) is 25.0 Å². The first-order valence-electron chi connectivity index (χ1n) is 43.2. The topological polar surface area (TPSA) is 53.5 Å². The van der Waals surface area contributed by atoms with E-state index in [-0.39, 0.29) is 5.41 Å². The summed E-state index contributed by atoms with van der Waals surface area (Å²) in [6, 6.07) is 158. The summed E-state index contributed by atoms with van der Waals surface area (Å²) in [6.45, 7) is 6.90. The van der Waals surface area contributed by atoms with E-state index in [0.29, 0.717) is 0 Å². The van der Waals surface area contributed by atoms with Gasteiger partial charge in [-0.1, -0.05) is 364 Å². The van der Waals surface area contributed by atoms with Crippen molar-refractivity contribution in [3.63, 3.8) is 0 Å². The molecule has 0 saturated carbocycles. The number of imidazole rings is 3. The van der Waals surface area contributed by atoms with E-state index in [1.165, 1.54) is 136 Å². The Hall–Kier alpha value is -14.7. The minimum absolute atomic E-state index is 0.0591. The molecule has 0 aliphatic heterocycles. The molecule has 126 heavy (non-hydrogen) atoms. The number of fused-ring (bicyclic) bond motifs is 11. The fourth-order valence-corrected chi connectivity index (χ4v) is 18.6. The Morgan fingerprint density at radius 2 is 0.468 bits per heavy atom. The Morgan fingerprint density at radius 1 is 0.238 bits per heavy atom. The number of nitrogens with zero attached hydrogens (tertiary/aromatic N) is 6. The maximum Gasteiger partial charge on any atom is 0.145 e. The molecule has 0 bridgehead atoms. The highest BCUT2D eigenvalue weighted by molar-refractivity contribution is 14.2. The van der Waals surface area contributed by atoms with Crippen LogP contribution in [0.4, 0.5) is 0 Å². The number of para-hydroxylation sites is 9. The van der Waals surface area contributed by atoms with Crippen molar-refractivity contribution in [2.24, 2.45) is 0 Å². The van der Waals surface area contributed by atoms with E-state index in [1.807, 2.05) is 58.4 Å². The van der Waals surface area contributed by atoms with Crippen LogP contribution in [-0.2, 0) is 5.41 Å². The number of hydrogen-bond donors (Lipinski definition) is 0. The van der Waals surface area contributed by atoms with E-state index in [9.17, 15) is 0 Å². The Balaban J connectivity index is 0.000000116. The first-order chi connectivity index (χ1) is 62.4. The summed E-state index contributed by atoms with van der Waals surface area (Å²) in [6.07, 6.45) is 0. The van der Waals surface area contributed by atoms with Gasteiger partial charge in [0.05, 0.1) is 34.4 Å². The highest BCUT2D eigenvalue weighted by atomic mass is 127. The summed E-state index contributed by atoms with van der Waals surface area (Å²) >= 11 is 1.85. The van der Waals surface area contributed by atoms with E-state index in [1.54, 1.807) is 0 Å². The van der Waals surface area contributed by atoms with Crippen LogP contribution < -0.4 is 0 Å². The lowest BCUT2D eigenvalue weighted by atomic mass is 9.81. The van der Waals surface area contributed by atoms with Gasteiger partial charge in [-0.2, -0.15) is 0 Å². The number of rotatable bonds is 10. The lowest BCUT2D eigenvalue weighted by Crippen LogP contribution is -2.10. The molecule has 1 unspecified atom stereocenters. The van der Waals surface area contributed by atoms with E-state index in [0.717, 1.165) is 84.3 Å². The van der Waals surface area contributed by atoms with Gasteiger partial charge in [-0.3, -0.25) is 13.7 Å². The molecule has 24 aromatic rings. The van der Waals surface area contributed by atoms with Crippen molar-refractivity contribution in [1.82, 2.24) is 28.7 Å². The van der Waals surface area contributed by atoms with Crippen LogP contribution in [0, 0.1) is 0 Å². The molecule has 596 valence electrons. The van der Waals surface area contributed by atoms with Crippen LogP contribution in [-0.4, -0.2) is 37.5 Å². The average molecular weight is 1740 g/mol. The third-order valence-corrected chi connectivity index (χ3v) is 24.4. The van der Waals surface area contributed by atoms with Crippen LogP contribution >= 0.6 is 28.1 Å². The van der Waals surface area contributed by atoms with Crippen LogP contribution in [0.3, 0.4) is 0 Å². The zero-order valence-corrected chi connectivity index (χ0v) is 72.8. The van der Waals surface area contributed by atoms with Crippen molar-refractivity contribution >= 4 is 155 Å². The Bertz CT molecular complexity index is 7800. The van der Waals surface area contributed by atoms with Crippen molar-refractivity contribution in [1.29, 1.82) is 1.28 Å². The molecule has 0 N–H and O–H groups in total. The zero-order valence-electron chi connectivity index (χ0n) is 70.7. The van der Waals surface area contributed by atoms with Crippen LogP contribution in [0.15, 0.2) is 443 Å². The molecule has 0 fully saturated rings. The fraction of sp³-hybridized carbons (Fsp3) is 0.0342. The number of hydrogen-bond acceptors (Lipinski definition) is 3. The number of benzene rings is 21. The SMILES string of the molecule is CC(C)(C)c1ccc2c(-c3ccc4ccccc4c3)c3ccccc3c(-c3ccc4ccccc4c3)c2c1.[3H]P([B])I.c1ccc(-n2c(-c3cc(-c4nc5ccccc5n4-c4ccccc4)cc(-c4nc5ccccc5n4-c4ccccc4)c3)nc3ccccc32)cc1.c1ccc2cc(-c3c4ccccc4c(-c4ccc5ccccc5c4)c4ccccc34)ccc2c1. The summed E-state index contributed by atoms with van der Waals surface area (Å²) < 4.78 is 13.2. The molecule has 0 amide bonds. The van der Waals surface area contributed by atoms with Gasteiger partial charge in [-0.25, -0.2) is 15.0 Å². The summed E-state index contributed by atoms with van der Waals surface area (Å²) in [7, 11) is 4.83. The van der Waals surface area contributed by atoms with Crippen molar-refractivity contribution in [2.75, 3.05) is 0 Å². The van der Waals surface area contributed by atoms with E-state index in [2.05, 4.69) is 441 Å². The first kappa shape index (κ1) is 77.4. The molecule has 1 atom stereocenters. The van der Waals surface area contributed by atoms with Crippen molar-refractivity contribution in [3.8, 4) is 95.7 Å². The number of aromatic nitrogens is 6. The molecule has 0 spiro atoms. The minimum Gasteiger partial charge on any atom is -0.292 e. The first-order valence-corrected chi connectivity index (χ1v) is 46.5. The maximum absolute atomic E-state index is 6.41. The lowest BCUT2D eigenvalue weighted by Gasteiger charge is -2.23. The average Bonchev–Trinajstić information content (AvgIpc) is 1.69. The van der Waals surface area contributed by atoms with Crippen molar-refractivity contribution in [3.05, 3.63) is 448 Å². The van der Waals surface area contributed by atoms with Gasteiger partial charge in [0, 0.05) is 33.8 Å². The molecule has 3 aromatic heterocycles. The molecule has 21 aromatic carbocycles. The monoisotopic (exact) mass is 1740 g/mol. The van der Waals surface area contributed by atoms with Crippen LogP contribution in [0.2, 0.25) is 0 Å². The molecular formula is C117H83BIN6P. The standard InChI is InChI=1S/C45H30N6.C38H30.C34H22.BHIP/c1-4-16-34(17-5-1)49-40-25-13-10-22-37(40)46-43(49)31-28-32(44-47-38-23-11-14-26-41(38)50(44)35-18-6-2-7-19-35)30-33(29-31)45-48-39-24-12-15-27-42(39)51(45)36-20-8-3-9-21-36;1-38(2,3)31-20-21-34-35(24-31)37(30-19-17-26-11-5-7-13-28(26)23-30)33-15-9-8-14-32(33)36(34)29-18-16-25-10-4-6-12-27(25)22-29;1-3-11-25-21-27(19-17-23(25)9-1)33-29-13-5-7-15-31(29)34(32-16-8-6-14-30(32)33)28-20-18-24-10-2-4-12-26(24)22-28;1-3-2/h1-30H;4-24H,1-3H3;1-22H;3H/i;;;3T. The second kappa shape index (κ2) is 33.9. The number of halogens is 1. The Kier molecular flexibility index (Phi) is 20.8. The zero-order chi connectivity index (χ0) is 85.6. The molecule has 2 radical (unpaired) electrons. The van der Waals surface area contributed by atoms with E-state index in [4.69, 9.17) is 23.8 Å². The molecule has 6 nitrogen and oxygen atoms in total. The van der Waals surface area contributed by atoms with Gasteiger partial charge in [0.2, 0.25) is 0 Å². The summed E-state index contributed by atoms with van der Waals surface area (Å²) in [5.41, 5.74) is 23.6. The molecular weight excluding hydrogens is 1660 g/mol. The minimum atomic E-state index is -0.900. The third-order valence-electron chi connectivity index (χ3n) is 24.4. The lowest BCUT2D eigenvalue weighted by molar-refractivity contribution is 0.591. The molecule has 3 heterocycles. The predicted octanol–water partition coefficient (Wildman–Crippen LogP) is 32.4. The smallest absolute Gasteiger partial charge is 0.145 e. The molecule has 0 aliphatic carbocycles. The second-order valence-corrected chi connectivity index (χ2v) is 34.9. The maximum atomic E-state index is 6.41. The molecule has 9 heteroatoms. The molecule has 0 aliphatic rings. The van der Waals surface area contributed by atoms with Gasteiger partial charge in [-0.15, -0.1) is 6.05 Å². The highest BCUT2D eigenvalue weighted by Crippen LogP contribution is 2.49. The van der Waals surface area contributed by atoms with Gasteiger partial charge in [0.15, 0.2) is 0 Å². The van der Waals surface area contributed by atoms with Crippen molar-refractivity contribution < 1.29 is 0 Å². The van der Waals surface area contributed by atoms with Crippen LogP contribution in [0.5, 0.6) is 0 Å². The second-order valence-electron chi connectivity index (χ2n) is 33.1. The van der Waals surface area contributed by atoms with Gasteiger partial charge in [0.25, 0.3) is 0 Å². The Morgan fingerprint density at radius 3 is 0.746 bits per heavy atom. The highest BCUT2D eigenvalue weighted by Gasteiger charge is 2.26. The van der Waals surface area contributed by atoms with Crippen LogP contribution in [0.1, 0.15) is 26.3 Å². The summed E-state index contributed by atoms with van der Waals surface area (Å²) in [5, 5.41) is 20.5. The van der Waals surface area contributed by atoms with Gasteiger partial charge in [-0.05, 0) is 263 Å². The molecule has 24 rings (SSSR count). The Labute approximate surface area is 749 Å². The molecule has 0 saturated heterocycles. The quantitative estimate of drug-likeness (QED) is 0.0593. The predicted molar refractivity (Wildman–Crippen MR) is 548 cm³/mol. The van der Waals surface area contributed by atoms with E-state index < -0.39 is 6.05 Å². The van der Waals surface area contributed by atoms with Crippen LogP contribution in [0.25, 0.3) is 215 Å².